The lowest BCUT2D eigenvalue weighted by Gasteiger charge is -2.25. The number of nitrogens with one attached hydrogen (secondary N) is 5. The number of ether oxygens (including phenoxy) is 10. The van der Waals surface area contributed by atoms with Gasteiger partial charge in [0, 0.05) is 155 Å². The fraction of sp³-hybridized carbons (Fsp3) is 0.264. The number of rotatable bonds is 8. The Balaban J connectivity index is 0.000000128. The first kappa shape index (κ1) is 105. The molecule has 768 valence electrons. The number of aryl methyl sites for hydroxylation is 2. The van der Waals surface area contributed by atoms with Gasteiger partial charge in [-0.3, -0.25) is 9.88 Å². The van der Waals surface area contributed by atoms with E-state index in [0.29, 0.717) is 122 Å². The number of fused-ring (bicyclic) bond motifs is 35. The molecule has 0 spiro atoms. The van der Waals surface area contributed by atoms with E-state index in [1.54, 1.807) is 31.0 Å². The first-order valence-electron chi connectivity index (χ1n) is 51.2. The smallest absolute Gasteiger partial charge is 0.227 e. The second kappa shape index (κ2) is 56.5. The summed E-state index contributed by atoms with van der Waals surface area (Å²) < 4.78 is 58.9. The highest BCUT2D eigenvalue weighted by molar-refractivity contribution is 5.71. The predicted molar refractivity (Wildman–Crippen MR) is 595 cm³/mol. The second-order valence-electron chi connectivity index (χ2n) is 36.5. The van der Waals surface area contributed by atoms with Crippen molar-refractivity contribution in [2.75, 3.05) is 151 Å². The lowest BCUT2D eigenvalue weighted by atomic mass is 10.0. The van der Waals surface area contributed by atoms with Crippen molar-refractivity contribution >= 4 is 63.9 Å². The van der Waals surface area contributed by atoms with E-state index >= 15 is 0 Å². The molecular weight excluding hydrogens is 1880 g/mol. The van der Waals surface area contributed by atoms with Crippen molar-refractivity contribution in [1.82, 2.24) is 64.6 Å². The molecule has 6 aromatic heterocycles. The van der Waals surface area contributed by atoms with Gasteiger partial charge in [0.15, 0.2) is 0 Å². The standard InChI is InChI=1S/C29H34N4O3.C27H33N5O2.C22H22N4O.C22H21N3O2.C21H19N3O2/c1-22-6-7-23-18-26(22)27-10-11-30-29(32-27)31-25-8-9-28(36-17-14-33-12-2-3-13-33)24(19-25)21-35-16-5-4-15-34-20-23;1-31(2)14-15-32(3)26-11-10-23-18-22(26)20-33-16-5-4-6-17-34-24-9-7-8-21(19-24)25-12-13-28-27(29-23)30-25;1-2-4-11-27-16-18-12-19(15-23-14-18)21-9-10-24-22(26-21)25-20-8-5-7-17(13-20)6-3-1;1-2-4-14-27-20-10-6-8-18(16-20)24-22-23-12-11-21(25-22)17-7-5-9-19(15-17)26-13-3-1;1-2-12-25-18-8-4-6-16(14-18)20-10-11-22-21(24-20)23-17-7-5-9-19(15-17)26-13-3-1/h4-11,18-19H,2-3,12-17,20-21H2,1H3,(H,30,31,32);4-5,7-13,18-19H,6,14-17,20H2,1-3H3,(H,28,29,30);2,4-5,7-10,12-15H,1,3,6,11,16H2,(H,24,25,26);1-2,5-12,15-16H,3-4,13-14H2,(H,23,24,25);1,3-11,14-15H,2,12-13H2,(H,22,23,24)/b2*5-4+;4-2+;2-1+;3-1-. The van der Waals surface area contributed by atoms with Crippen LogP contribution in [0.3, 0.4) is 0 Å². The molecule has 0 amide bonds. The van der Waals surface area contributed by atoms with Crippen molar-refractivity contribution in [3.8, 4) is 90.8 Å². The fourth-order valence-electron chi connectivity index (χ4n) is 16.9. The van der Waals surface area contributed by atoms with Crippen molar-refractivity contribution in [2.24, 2.45) is 0 Å². The van der Waals surface area contributed by atoms with Crippen LogP contribution >= 0.6 is 0 Å². The van der Waals surface area contributed by atoms with Gasteiger partial charge < -0.3 is 83.8 Å². The van der Waals surface area contributed by atoms with E-state index in [1.807, 2.05) is 200 Å². The molecule has 9 aromatic carbocycles. The summed E-state index contributed by atoms with van der Waals surface area (Å²) in [4.78, 5) is 56.6. The Kier molecular flexibility index (Phi) is 39.5. The third kappa shape index (κ3) is 33.6. The van der Waals surface area contributed by atoms with Crippen LogP contribution in [0.25, 0.3) is 56.3 Å². The summed E-state index contributed by atoms with van der Waals surface area (Å²) in [6.45, 7) is 15.2. The van der Waals surface area contributed by atoms with Gasteiger partial charge >= 0.3 is 0 Å². The number of benzene rings is 9. The third-order valence-corrected chi connectivity index (χ3v) is 24.6. The first-order chi connectivity index (χ1) is 73.9. The van der Waals surface area contributed by atoms with E-state index in [0.717, 1.165) is 217 Å². The fourth-order valence-corrected chi connectivity index (χ4v) is 16.9. The number of hydrogen-bond acceptors (Lipinski definition) is 29. The van der Waals surface area contributed by atoms with Gasteiger partial charge in [0.05, 0.1) is 108 Å². The lowest BCUT2D eigenvalue weighted by Crippen LogP contribution is -2.29. The summed E-state index contributed by atoms with van der Waals surface area (Å²) in [5.74, 6) is 7.72. The quantitative estimate of drug-likeness (QED) is 0.0883. The monoisotopic (exact) mass is 2010 g/mol. The van der Waals surface area contributed by atoms with Gasteiger partial charge in [0.2, 0.25) is 29.7 Å². The second-order valence-corrected chi connectivity index (χ2v) is 36.5. The molecule has 0 saturated carbocycles. The summed E-state index contributed by atoms with van der Waals surface area (Å²) in [5.41, 5.74) is 21.7. The SMILES string of the molecule is C1=C/CCOc2cccc(c2)-c2ccnc(n2)Nc2cccc(c2)OCC/1.C1=C/COCc2cncc(c2)-c2ccnc(n2)Nc2cccc(c2)CCC/1.C1=C\COc2cccc(c2)Nc2nccc(n2)-c2cccc(c2)OCC/1.CN(C)CCN(C)c1ccc2cc1COC/C=C/CCOc1cccc(c1)-c1ccnc(n1)N2.Cc1ccc2cc1-c1ccnc(n1)Nc1ccc(OCCN3CCCC3)c(c1)COC/C=C/COC2. The molecular formula is C121H129N19O10. The Morgan fingerprint density at radius 2 is 0.760 bits per heavy atom. The largest absolute Gasteiger partial charge is 0.493 e. The maximum Gasteiger partial charge on any atom is 0.227 e. The Hall–Kier alpha value is -16.4. The highest BCUT2D eigenvalue weighted by atomic mass is 16.5. The van der Waals surface area contributed by atoms with E-state index in [9.17, 15) is 0 Å². The zero-order chi connectivity index (χ0) is 103. The molecule has 21 rings (SSSR count). The van der Waals surface area contributed by atoms with Crippen LogP contribution in [0.2, 0.25) is 0 Å². The number of aromatic nitrogens is 11. The molecule has 150 heavy (non-hydrogen) atoms. The summed E-state index contributed by atoms with van der Waals surface area (Å²) in [5, 5.41) is 16.5. The van der Waals surface area contributed by atoms with Gasteiger partial charge in [-0.15, -0.1) is 0 Å². The minimum atomic E-state index is 0.449. The molecule has 1 saturated heterocycles. The van der Waals surface area contributed by atoms with Crippen molar-refractivity contribution < 1.29 is 47.4 Å². The van der Waals surface area contributed by atoms with Crippen molar-refractivity contribution in [3.05, 3.63) is 374 Å². The number of hydrogen-bond donors (Lipinski definition) is 5. The molecule has 12 heterocycles. The maximum atomic E-state index is 6.18. The molecule has 0 radical (unpaired) electrons. The Bertz CT molecular complexity index is 6870. The molecule has 6 aliphatic heterocycles. The number of anilines is 11. The third-order valence-electron chi connectivity index (χ3n) is 24.6. The highest BCUT2D eigenvalue weighted by Crippen LogP contribution is 2.35. The van der Waals surface area contributed by atoms with Crippen molar-refractivity contribution in [3.63, 3.8) is 0 Å². The number of likely N-dealkylation sites (tertiary alicyclic amines) is 1. The summed E-state index contributed by atoms with van der Waals surface area (Å²) in [7, 11) is 6.30. The van der Waals surface area contributed by atoms with Crippen LogP contribution in [0.15, 0.2) is 341 Å². The average molecular weight is 2010 g/mol. The molecule has 0 aliphatic carbocycles. The molecule has 6 aliphatic rings. The van der Waals surface area contributed by atoms with Crippen LogP contribution in [0.1, 0.15) is 84.7 Å². The van der Waals surface area contributed by atoms with Gasteiger partial charge in [-0.2, -0.15) is 0 Å². The highest BCUT2D eigenvalue weighted by Gasteiger charge is 2.19. The average Bonchev–Trinajstić information content (AvgIpc) is 0.929. The zero-order valence-corrected chi connectivity index (χ0v) is 85.5. The molecule has 0 unspecified atom stereocenters. The Morgan fingerprint density at radius 1 is 0.333 bits per heavy atom. The molecule has 29 nitrogen and oxygen atoms in total. The topological polar surface area (TPSA) is 304 Å². The normalized spacial score (nSPS) is 15.8. The lowest BCUT2D eigenvalue weighted by molar-refractivity contribution is 0.138. The number of nitrogens with zero attached hydrogens (tertiary/aromatic N) is 14. The van der Waals surface area contributed by atoms with Crippen LogP contribution in [0.4, 0.5) is 63.9 Å². The van der Waals surface area contributed by atoms with Crippen LogP contribution in [0, 0.1) is 6.92 Å². The number of pyridine rings is 1. The Morgan fingerprint density at radius 3 is 1.30 bits per heavy atom. The molecule has 29 heteroatoms. The summed E-state index contributed by atoms with van der Waals surface area (Å²) >= 11 is 0. The molecule has 15 aromatic rings. The summed E-state index contributed by atoms with van der Waals surface area (Å²) in [6.07, 6.45) is 42.4. The van der Waals surface area contributed by atoms with Crippen LogP contribution in [-0.4, -0.2) is 185 Å². The van der Waals surface area contributed by atoms with Crippen molar-refractivity contribution in [2.45, 2.75) is 91.1 Å². The summed E-state index contributed by atoms with van der Waals surface area (Å²) in [6, 6.07) is 78.3. The van der Waals surface area contributed by atoms with Gasteiger partial charge in [0.1, 0.15) is 47.7 Å². The van der Waals surface area contributed by atoms with E-state index in [-0.39, 0.29) is 0 Å². The van der Waals surface area contributed by atoms with Crippen molar-refractivity contribution in [1.29, 1.82) is 0 Å². The molecule has 1 fully saturated rings. The van der Waals surface area contributed by atoms with Gasteiger partial charge in [0.25, 0.3) is 0 Å². The zero-order valence-electron chi connectivity index (χ0n) is 85.5. The van der Waals surface area contributed by atoms with Gasteiger partial charge in [-0.1, -0.05) is 134 Å². The van der Waals surface area contributed by atoms with Crippen LogP contribution < -0.4 is 59.9 Å². The van der Waals surface area contributed by atoms with Gasteiger partial charge in [-0.25, -0.2) is 49.8 Å². The minimum Gasteiger partial charge on any atom is -0.493 e. The van der Waals surface area contributed by atoms with Gasteiger partial charge in [-0.05, 0) is 266 Å². The predicted octanol–water partition coefficient (Wildman–Crippen LogP) is 24.3. The Labute approximate surface area is 878 Å². The van der Waals surface area contributed by atoms with E-state index in [2.05, 4.69) is 223 Å². The number of likely N-dealkylation sites (N-methyl/N-ethyl adjacent to an activating group) is 2. The first-order valence-corrected chi connectivity index (χ1v) is 51.2. The van der Waals surface area contributed by atoms with E-state index in [4.69, 9.17) is 57.3 Å². The molecule has 30 bridgehead atoms. The van der Waals surface area contributed by atoms with Crippen LogP contribution in [-0.2, 0) is 51.8 Å². The van der Waals surface area contributed by atoms with E-state index in [1.165, 1.54) is 31.5 Å². The van der Waals surface area contributed by atoms with Crippen LogP contribution in [0.5, 0.6) is 34.5 Å². The van der Waals surface area contributed by atoms with E-state index < -0.39 is 0 Å². The minimum absolute atomic E-state index is 0.449. The molecule has 5 N–H and O–H groups in total. The maximum absolute atomic E-state index is 6.18. The number of allylic oxidation sites excluding steroid dienone is 1. The molecule has 0 atom stereocenters.